The number of cyclic esters (lactones) is 1. The normalized spacial score (nSPS) is 20.7. The molecule has 0 aliphatic carbocycles. The molecule has 0 saturated carbocycles. The number of hydrogen-bond acceptors (Lipinski definition) is 16. The van der Waals surface area contributed by atoms with Crippen LogP contribution in [0.2, 0.25) is 0 Å². The van der Waals surface area contributed by atoms with E-state index in [0.29, 0.717) is 50.5 Å². The molecule has 3 aliphatic rings. The molecule has 1 saturated heterocycles. The van der Waals surface area contributed by atoms with Crippen molar-refractivity contribution in [1.29, 1.82) is 0 Å². The Kier molecular flexibility index (Phi) is 11.4. The third-order valence-corrected chi connectivity index (χ3v) is 8.74. The maximum atomic E-state index is 13.6. The van der Waals surface area contributed by atoms with Crippen LogP contribution >= 0.6 is 0 Å². The van der Waals surface area contributed by atoms with E-state index in [4.69, 9.17) is 56.8 Å². The van der Waals surface area contributed by atoms with E-state index in [2.05, 4.69) is 13.2 Å². The minimum absolute atomic E-state index is 0.0361. The van der Waals surface area contributed by atoms with Gasteiger partial charge in [0, 0.05) is 30.6 Å². The number of esters is 1. The van der Waals surface area contributed by atoms with Crippen LogP contribution in [-0.4, -0.2) is 108 Å². The predicted molar refractivity (Wildman–Crippen MR) is 189 cm³/mol. The van der Waals surface area contributed by atoms with Crippen LogP contribution in [-0.2, 0) is 39.8 Å². The van der Waals surface area contributed by atoms with E-state index in [0.717, 1.165) is 4.90 Å². The van der Waals surface area contributed by atoms with Crippen molar-refractivity contribution in [2.75, 3.05) is 48.3 Å². The molecule has 3 aliphatic heterocycles. The third kappa shape index (κ3) is 7.68. The van der Waals surface area contributed by atoms with Crippen molar-refractivity contribution in [3.63, 3.8) is 0 Å². The first-order valence-corrected chi connectivity index (χ1v) is 16.9. The molecule has 5 atom stereocenters. The summed E-state index contributed by atoms with van der Waals surface area (Å²) in [6.45, 7) is 7.97. The van der Waals surface area contributed by atoms with Crippen LogP contribution in [0, 0.1) is 0 Å². The molecular formula is C38H39NO16. The zero-order valence-electron chi connectivity index (χ0n) is 30.7. The summed E-state index contributed by atoms with van der Waals surface area (Å²) < 4.78 is 68.1. The highest BCUT2D eigenvalue weighted by molar-refractivity contribution is 6.14. The fourth-order valence-electron chi connectivity index (χ4n) is 6.27. The second-order valence-electron chi connectivity index (χ2n) is 12.4. The topological polar surface area (TPSA) is 182 Å². The number of amides is 1. The summed E-state index contributed by atoms with van der Waals surface area (Å²) in [4.78, 5) is 53.6. The molecule has 0 radical (unpaired) electrons. The van der Waals surface area contributed by atoms with Gasteiger partial charge in [0.05, 0.1) is 19.8 Å². The van der Waals surface area contributed by atoms with Gasteiger partial charge in [-0.15, -0.1) is 0 Å². The van der Waals surface area contributed by atoms with Gasteiger partial charge in [-0.3, -0.25) is 0 Å². The molecule has 3 heterocycles. The molecule has 0 bridgehead atoms. The summed E-state index contributed by atoms with van der Waals surface area (Å²) in [5.74, 6) is 1.09. The molecule has 1 fully saturated rings. The van der Waals surface area contributed by atoms with Crippen LogP contribution in [0.15, 0.2) is 55.6 Å². The van der Waals surface area contributed by atoms with Crippen molar-refractivity contribution in [2.24, 2.45) is 0 Å². The van der Waals surface area contributed by atoms with Gasteiger partial charge in [-0.25, -0.2) is 19.2 Å². The third-order valence-electron chi connectivity index (χ3n) is 8.74. The van der Waals surface area contributed by atoms with Crippen molar-refractivity contribution in [2.45, 2.75) is 44.2 Å². The number of ether oxygens (including phenoxy) is 12. The fourth-order valence-corrected chi connectivity index (χ4v) is 6.27. The van der Waals surface area contributed by atoms with E-state index in [1.807, 2.05) is 0 Å². The van der Waals surface area contributed by atoms with Crippen molar-refractivity contribution in [1.82, 2.24) is 4.90 Å². The van der Waals surface area contributed by atoms with Gasteiger partial charge in [-0.2, -0.15) is 0 Å². The Morgan fingerprint density at radius 2 is 1.45 bits per heavy atom. The van der Waals surface area contributed by atoms with Gasteiger partial charge in [-0.05, 0) is 42.1 Å². The molecule has 1 unspecified atom stereocenters. The van der Waals surface area contributed by atoms with E-state index >= 15 is 0 Å². The van der Waals surface area contributed by atoms with E-state index in [9.17, 15) is 19.2 Å². The van der Waals surface area contributed by atoms with Crippen LogP contribution in [0.4, 0.5) is 14.4 Å². The van der Waals surface area contributed by atoms with Crippen LogP contribution in [0.1, 0.15) is 22.8 Å². The van der Waals surface area contributed by atoms with Gasteiger partial charge in [-0.1, -0.05) is 31.4 Å². The van der Waals surface area contributed by atoms with Crippen molar-refractivity contribution in [3.8, 4) is 39.9 Å². The standard InChI is InChI=1S/C38H39NO16/c1-8-12-46-37(42)54-30-19(3)51-35(33(55-38(43)47-13-9-2)32(30)53-36(41)39(4)5)52-31-22-16-26(45-7)25(44-6)15-21(22)28(29-23(31)17-48-34(29)40)20-10-11-24-27(14-20)50-18-49-24/h8-11,14-16,19,30,32-33,35H,1-2,12-13,17-18H2,3-7H3/t19-,30-,32+,33-,35?/m1/s1. The van der Waals surface area contributed by atoms with Crippen molar-refractivity contribution >= 4 is 35.1 Å². The monoisotopic (exact) mass is 765 g/mol. The summed E-state index contributed by atoms with van der Waals surface area (Å²) >= 11 is 0. The highest BCUT2D eigenvalue weighted by Crippen LogP contribution is 2.50. The lowest BCUT2D eigenvalue weighted by Gasteiger charge is -2.43. The van der Waals surface area contributed by atoms with Crippen LogP contribution in [0.3, 0.4) is 0 Å². The zero-order chi connectivity index (χ0) is 39.4. The number of carbonyl (C=O) groups excluding carboxylic acids is 4. The lowest BCUT2D eigenvalue weighted by molar-refractivity contribution is -0.271. The fraction of sp³-hybridized carbons (Fsp3) is 0.368. The molecule has 17 heteroatoms. The first kappa shape index (κ1) is 38.4. The molecule has 17 nitrogen and oxygen atoms in total. The van der Waals surface area contributed by atoms with Gasteiger partial charge in [0.15, 0.2) is 35.2 Å². The number of benzene rings is 3. The maximum absolute atomic E-state index is 13.6. The lowest BCUT2D eigenvalue weighted by atomic mass is 9.89. The maximum Gasteiger partial charge on any atom is 0.509 e. The highest BCUT2D eigenvalue weighted by atomic mass is 16.8. The molecule has 3 aromatic carbocycles. The Labute approximate surface area is 315 Å². The Hall–Kier alpha value is -6.36. The second-order valence-corrected chi connectivity index (χ2v) is 12.4. The van der Waals surface area contributed by atoms with Crippen LogP contribution < -0.4 is 23.7 Å². The molecule has 55 heavy (non-hydrogen) atoms. The number of rotatable bonds is 12. The van der Waals surface area contributed by atoms with Crippen LogP contribution in [0.5, 0.6) is 28.7 Å². The SMILES string of the molecule is C=CCOC(=O)O[C@H]1[C@H](OC(=O)N(C)C)[C@@H](OC(=O)OCC=C)C(Oc2c3c(c(-c4ccc5c(c4)OCO5)c4cc(OC)c(OC)cc24)C(=O)OC3)O[C@@H]1C. The van der Waals surface area contributed by atoms with Gasteiger partial charge < -0.3 is 61.7 Å². The summed E-state index contributed by atoms with van der Waals surface area (Å²) in [5.41, 5.74) is 1.55. The molecule has 0 spiro atoms. The number of carbonyl (C=O) groups is 4. The predicted octanol–water partition coefficient (Wildman–Crippen LogP) is 5.53. The number of methoxy groups -OCH3 is 2. The molecule has 292 valence electrons. The molecule has 3 aromatic rings. The quantitative estimate of drug-likeness (QED) is 0.127. The molecule has 0 aromatic heterocycles. The van der Waals surface area contributed by atoms with Crippen molar-refractivity contribution < 1.29 is 76.0 Å². The molecule has 6 rings (SSSR count). The number of fused-ring (bicyclic) bond motifs is 3. The lowest BCUT2D eigenvalue weighted by Crippen LogP contribution is -2.62. The second kappa shape index (κ2) is 16.3. The van der Waals surface area contributed by atoms with Crippen LogP contribution in [0.25, 0.3) is 21.9 Å². The largest absolute Gasteiger partial charge is 0.509 e. The Balaban J connectivity index is 1.53. The highest BCUT2D eigenvalue weighted by Gasteiger charge is 2.53. The average molecular weight is 766 g/mol. The Bertz CT molecular complexity index is 2010. The molecular weight excluding hydrogens is 726 g/mol. The zero-order valence-corrected chi connectivity index (χ0v) is 30.7. The minimum atomic E-state index is -1.66. The summed E-state index contributed by atoms with van der Waals surface area (Å²) in [6.07, 6.45) is -7.88. The van der Waals surface area contributed by atoms with E-state index in [1.54, 1.807) is 30.3 Å². The van der Waals surface area contributed by atoms with Gasteiger partial charge in [0.25, 0.3) is 0 Å². The van der Waals surface area contributed by atoms with Gasteiger partial charge in [0.1, 0.15) is 31.7 Å². The van der Waals surface area contributed by atoms with Gasteiger partial charge in [0.2, 0.25) is 19.2 Å². The molecule has 0 N–H and O–H groups in total. The number of nitrogens with zero attached hydrogens (tertiary/aromatic N) is 1. The van der Waals surface area contributed by atoms with Crippen molar-refractivity contribution in [3.05, 3.63) is 66.8 Å². The summed E-state index contributed by atoms with van der Waals surface area (Å²) in [6, 6.07) is 8.58. The van der Waals surface area contributed by atoms with E-state index in [-0.39, 0.29) is 37.9 Å². The van der Waals surface area contributed by atoms with E-state index in [1.165, 1.54) is 47.4 Å². The first-order valence-electron chi connectivity index (χ1n) is 16.9. The number of hydrogen-bond donors (Lipinski definition) is 0. The Morgan fingerprint density at radius 3 is 2.09 bits per heavy atom. The summed E-state index contributed by atoms with van der Waals surface area (Å²) in [7, 11) is 5.78. The van der Waals surface area contributed by atoms with E-state index < -0.39 is 55.1 Å². The summed E-state index contributed by atoms with van der Waals surface area (Å²) in [5, 5.41) is 0.873. The Morgan fingerprint density at radius 1 is 0.818 bits per heavy atom. The average Bonchev–Trinajstić information content (AvgIpc) is 3.81. The minimum Gasteiger partial charge on any atom is -0.493 e. The van der Waals surface area contributed by atoms with Gasteiger partial charge >= 0.3 is 24.4 Å². The first-order chi connectivity index (χ1) is 26.5. The molecule has 1 amide bonds. The smallest absolute Gasteiger partial charge is 0.493 e.